The van der Waals surface area contributed by atoms with Gasteiger partial charge in [0.05, 0.1) is 0 Å². The van der Waals surface area contributed by atoms with Gasteiger partial charge in [-0.05, 0) is 18.6 Å². The van der Waals surface area contributed by atoms with Crippen molar-refractivity contribution < 1.29 is 8.78 Å². The zero-order valence-electron chi connectivity index (χ0n) is 12.3. The number of nitrogens with zero attached hydrogens (tertiary/aromatic N) is 2. The lowest BCUT2D eigenvalue weighted by molar-refractivity contribution is 0.546. The third-order valence-electron chi connectivity index (χ3n) is 2.90. The number of aryl methyl sites for hydroxylation is 1. The standard InChI is InChI=1S/C15H16ClF2N3/c1-8-5-6-9(17)13(12(8)18)20-11-7-10(16)19-14(21-11)15(2,3)4/h5-7H,1-4H3,(H,19,20,21). The van der Waals surface area contributed by atoms with Crippen LogP contribution in [0.2, 0.25) is 5.15 Å². The number of halogens is 3. The molecule has 0 saturated carbocycles. The van der Waals surface area contributed by atoms with Gasteiger partial charge in [-0.1, -0.05) is 38.4 Å². The average Bonchev–Trinajstić information content (AvgIpc) is 2.38. The Kier molecular flexibility index (Phi) is 4.14. The fourth-order valence-corrected chi connectivity index (χ4v) is 1.90. The Balaban J connectivity index is 2.46. The molecule has 0 saturated heterocycles. The number of anilines is 2. The van der Waals surface area contributed by atoms with Gasteiger partial charge in [-0.15, -0.1) is 0 Å². The second-order valence-corrected chi connectivity index (χ2v) is 6.22. The topological polar surface area (TPSA) is 37.8 Å². The van der Waals surface area contributed by atoms with Gasteiger partial charge in [-0.25, -0.2) is 18.7 Å². The Hall–Kier alpha value is -1.75. The predicted molar refractivity (Wildman–Crippen MR) is 80.1 cm³/mol. The maximum absolute atomic E-state index is 14.0. The number of rotatable bonds is 2. The van der Waals surface area contributed by atoms with E-state index in [-0.39, 0.29) is 22.1 Å². The highest BCUT2D eigenvalue weighted by molar-refractivity contribution is 6.29. The Morgan fingerprint density at radius 3 is 2.43 bits per heavy atom. The van der Waals surface area contributed by atoms with Gasteiger partial charge in [0.25, 0.3) is 0 Å². The zero-order chi connectivity index (χ0) is 15.8. The highest BCUT2D eigenvalue weighted by Crippen LogP contribution is 2.27. The quantitative estimate of drug-likeness (QED) is 0.813. The molecule has 0 radical (unpaired) electrons. The first kappa shape index (κ1) is 15.6. The van der Waals surface area contributed by atoms with Crippen LogP contribution < -0.4 is 5.32 Å². The highest BCUT2D eigenvalue weighted by Gasteiger charge is 2.20. The van der Waals surface area contributed by atoms with Crippen molar-refractivity contribution in [2.45, 2.75) is 33.1 Å². The predicted octanol–water partition coefficient (Wildman–Crippen LogP) is 4.76. The van der Waals surface area contributed by atoms with Crippen LogP contribution in [0.4, 0.5) is 20.3 Å². The lowest BCUT2D eigenvalue weighted by Crippen LogP contribution is -2.17. The summed E-state index contributed by atoms with van der Waals surface area (Å²) in [5, 5.41) is 2.86. The van der Waals surface area contributed by atoms with E-state index in [2.05, 4.69) is 15.3 Å². The van der Waals surface area contributed by atoms with Crippen molar-refractivity contribution in [1.29, 1.82) is 0 Å². The average molecular weight is 312 g/mol. The van der Waals surface area contributed by atoms with Crippen LogP contribution in [0, 0.1) is 18.6 Å². The van der Waals surface area contributed by atoms with Crippen LogP contribution in [0.25, 0.3) is 0 Å². The molecule has 1 aromatic heterocycles. The molecule has 0 fully saturated rings. The molecule has 2 rings (SSSR count). The molecule has 0 aliphatic rings. The molecule has 0 aliphatic carbocycles. The van der Waals surface area contributed by atoms with E-state index < -0.39 is 11.6 Å². The number of nitrogens with one attached hydrogen (secondary N) is 1. The van der Waals surface area contributed by atoms with E-state index in [1.54, 1.807) is 6.92 Å². The molecule has 2 aromatic rings. The third kappa shape index (κ3) is 3.47. The van der Waals surface area contributed by atoms with Crippen LogP contribution in [-0.2, 0) is 5.41 Å². The molecular weight excluding hydrogens is 296 g/mol. The summed E-state index contributed by atoms with van der Waals surface area (Å²) in [7, 11) is 0. The fourth-order valence-electron chi connectivity index (χ4n) is 1.72. The van der Waals surface area contributed by atoms with Crippen molar-refractivity contribution in [2.75, 3.05) is 5.32 Å². The summed E-state index contributed by atoms with van der Waals surface area (Å²) >= 11 is 5.95. The molecule has 1 N–H and O–H groups in total. The summed E-state index contributed by atoms with van der Waals surface area (Å²) in [4.78, 5) is 8.41. The van der Waals surface area contributed by atoms with Crippen LogP contribution >= 0.6 is 11.6 Å². The van der Waals surface area contributed by atoms with Crippen molar-refractivity contribution >= 4 is 23.1 Å². The first-order chi connectivity index (χ1) is 9.68. The first-order valence-corrected chi connectivity index (χ1v) is 6.83. The lowest BCUT2D eigenvalue weighted by Gasteiger charge is -2.18. The minimum absolute atomic E-state index is 0.214. The fraction of sp³-hybridized carbons (Fsp3) is 0.333. The minimum Gasteiger partial charge on any atom is -0.335 e. The van der Waals surface area contributed by atoms with Crippen molar-refractivity contribution in [1.82, 2.24) is 9.97 Å². The summed E-state index contributed by atoms with van der Waals surface area (Å²) in [6.45, 7) is 7.34. The summed E-state index contributed by atoms with van der Waals surface area (Å²) < 4.78 is 27.8. The van der Waals surface area contributed by atoms with E-state index in [4.69, 9.17) is 11.6 Å². The Labute approximate surface area is 127 Å². The monoisotopic (exact) mass is 311 g/mol. The molecule has 0 spiro atoms. The number of hydrogen-bond donors (Lipinski definition) is 1. The Morgan fingerprint density at radius 1 is 1.14 bits per heavy atom. The van der Waals surface area contributed by atoms with E-state index in [9.17, 15) is 8.78 Å². The van der Waals surface area contributed by atoms with Crippen molar-refractivity contribution in [3.05, 3.63) is 46.4 Å². The van der Waals surface area contributed by atoms with Crippen LogP contribution in [-0.4, -0.2) is 9.97 Å². The number of benzene rings is 1. The Morgan fingerprint density at radius 2 is 1.81 bits per heavy atom. The van der Waals surface area contributed by atoms with Crippen LogP contribution in [0.1, 0.15) is 32.2 Å². The summed E-state index contributed by atoms with van der Waals surface area (Å²) in [6.07, 6.45) is 0. The van der Waals surface area contributed by atoms with Gasteiger partial charge in [0.1, 0.15) is 28.3 Å². The van der Waals surface area contributed by atoms with Crippen molar-refractivity contribution in [2.24, 2.45) is 0 Å². The van der Waals surface area contributed by atoms with Gasteiger partial charge in [-0.3, -0.25) is 0 Å². The maximum Gasteiger partial charge on any atom is 0.152 e. The van der Waals surface area contributed by atoms with E-state index in [1.807, 2.05) is 20.8 Å². The van der Waals surface area contributed by atoms with Crippen LogP contribution in [0.3, 0.4) is 0 Å². The lowest BCUT2D eigenvalue weighted by atomic mass is 9.96. The number of aromatic nitrogens is 2. The zero-order valence-corrected chi connectivity index (χ0v) is 13.0. The molecule has 3 nitrogen and oxygen atoms in total. The third-order valence-corrected chi connectivity index (χ3v) is 3.10. The maximum atomic E-state index is 14.0. The van der Waals surface area contributed by atoms with Gasteiger partial charge >= 0.3 is 0 Å². The van der Waals surface area contributed by atoms with Gasteiger partial charge in [0.15, 0.2) is 5.82 Å². The molecule has 112 valence electrons. The summed E-state index contributed by atoms with van der Waals surface area (Å²) in [6, 6.07) is 4.01. The Bertz CT molecular complexity index is 681. The van der Waals surface area contributed by atoms with Crippen LogP contribution in [0.5, 0.6) is 0 Å². The molecule has 0 bridgehead atoms. The van der Waals surface area contributed by atoms with E-state index >= 15 is 0 Å². The largest absolute Gasteiger partial charge is 0.335 e. The second kappa shape index (κ2) is 5.56. The molecule has 0 unspecified atom stereocenters. The summed E-state index contributed by atoms with van der Waals surface area (Å²) in [5.74, 6) is -0.596. The van der Waals surface area contributed by atoms with E-state index in [0.717, 1.165) is 0 Å². The molecule has 6 heteroatoms. The molecule has 21 heavy (non-hydrogen) atoms. The molecular formula is C15H16ClF2N3. The molecule has 1 heterocycles. The second-order valence-electron chi connectivity index (χ2n) is 5.83. The normalized spacial score (nSPS) is 11.6. The first-order valence-electron chi connectivity index (χ1n) is 6.45. The van der Waals surface area contributed by atoms with Gasteiger partial charge in [0.2, 0.25) is 0 Å². The summed E-state index contributed by atoms with van der Waals surface area (Å²) in [5.41, 5.74) is -0.231. The smallest absolute Gasteiger partial charge is 0.152 e. The van der Waals surface area contributed by atoms with Gasteiger partial charge in [-0.2, -0.15) is 0 Å². The molecule has 0 atom stereocenters. The number of hydrogen-bond acceptors (Lipinski definition) is 3. The molecule has 0 amide bonds. The van der Waals surface area contributed by atoms with Crippen LogP contribution in [0.15, 0.2) is 18.2 Å². The highest BCUT2D eigenvalue weighted by atomic mass is 35.5. The molecule has 1 aromatic carbocycles. The molecule has 0 aliphatic heterocycles. The SMILES string of the molecule is Cc1ccc(F)c(Nc2cc(Cl)nc(C(C)(C)C)n2)c1F. The van der Waals surface area contributed by atoms with Gasteiger partial charge in [0, 0.05) is 11.5 Å². The van der Waals surface area contributed by atoms with Crippen molar-refractivity contribution in [3.63, 3.8) is 0 Å². The van der Waals surface area contributed by atoms with Crippen molar-refractivity contribution in [3.8, 4) is 0 Å². The van der Waals surface area contributed by atoms with Gasteiger partial charge < -0.3 is 5.32 Å². The minimum atomic E-state index is -0.690. The van der Waals surface area contributed by atoms with E-state index in [1.165, 1.54) is 18.2 Å². The van der Waals surface area contributed by atoms with E-state index in [0.29, 0.717) is 11.4 Å².